The summed E-state index contributed by atoms with van der Waals surface area (Å²) in [6.45, 7) is 0.120. The van der Waals surface area contributed by atoms with E-state index in [1.807, 2.05) is 0 Å². The highest BCUT2D eigenvalue weighted by atomic mass is 16.4. The van der Waals surface area contributed by atoms with Crippen molar-refractivity contribution in [3.8, 4) is 0 Å². The van der Waals surface area contributed by atoms with E-state index < -0.39 is 12.0 Å². The maximum atomic E-state index is 11.5. The number of nitrogens with one attached hydrogen (secondary N) is 3. The molecule has 0 bridgehead atoms. The lowest BCUT2D eigenvalue weighted by molar-refractivity contribution is -0.120. The number of urea groups is 1. The van der Waals surface area contributed by atoms with Gasteiger partial charge in [-0.1, -0.05) is 12.1 Å². The van der Waals surface area contributed by atoms with Crippen LogP contribution in [0.3, 0.4) is 0 Å². The van der Waals surface area contributed by atoms with Crippen LogP contribution in [0.5, 0.6) is 0 Å². The summed E-state index contributed by atoms with van der Waals surface area (Å²) in [4.78, 5) is 33.7. The number of carbonyl (C=O) groups is 3. The van der Waals surface area contributed by atoms with E-state index in [9.17, 15) is 14.4 Å². The molecule has 7 heteroatoms. The Morgan fingerprint density at radius 2 is 1.95 bits per heavy atom. The second kappa shape index (κ2) is 6.74. The van der Waals surface area contributed by atoms with E-state index in [-0.39, 0.29) is 30.6 Å². The van der Waals surface area contributed by atoms with Crippen LogP contribution >= 0.6 is 0 Å². The second-order valence-electron chi connectivity index (χ2n) is 4.88. The van der Waals surface area contributed by atoms with Gasteiger partial charge < -0.3 is 21.1 Å². The van der Waals surface area contributed by atoms with Crippen LogP contribution in [-0.2, 0) is 11.3 Å². The first-order valence-corrected chi connectivity index (χ1v) is 6.68. The molecular weight excluding hydrogens is 274 g/mol. The molecule has 0 spiro atoms. The fraction of sp³-hybridized carbons (Fsp3) is 0.357. The minimum atomic E-state index is -1.02. The van der Waals surface area contributed by atoms with Crippen molar-refractivity contribution in [2.24, 2.45) is 0 Å². The summed E-state index contributed by atoms with van der Waals surface area (Å²) in [6.07, 6.45) is 2.00. The third-order valence-electron chi connectivity index (χ3n) is 2.98. The fourth-order valence-corrected chi connectivity index (χ4v) is 1.73. The average molecular weight is 291 g/mol. The van der Waals surface area contributed by atoms with Crippen molar-refractivity contribution < 1.29 is 19.5 Å². The molecule has 21 heavy (non-hydrogen) atoms. The van der Waals surface area contributed by atoms with E-state index in [4.69, 9.17) is 5.11 Å². The molecule has 0 heterocycles. The smallest absolute Gasteiger partial charge is 0.335 e. The van der Waals surface area contributed by atoms with Crippen molar-refractivity contribution in [3.63, 3.8) is 0 Å². The van der Waals surface area contributed by atoms with Crippen LogP contribution < -0.4 is 16.0 Å². The third kappa shape index (κ3) is 5.13. The first-order chi connectivity index (χ1) is 10.0. The molecule has 0 aromatic heterocycles. The summed E-state index contributed by atoms with van der Waals surface area (Å²) in [5, 5.41) is 16.6. The van der Waals surface area contributed by atoms with Crippen molar-refractivity contribution >= 4 is 17.9 Å². The molecule has 7 nitrogen and oxygen atoms in total. The predicted octanol–water partition coefficient (Wildman–Crippen LogP) is 0.463. The summed E-state index contributed by atoms with van der Waals surface area (Å²) in [5.74, 6) is -1.22. The Morgan fingerprint density at radius 1 is 1.19 bits per heavy atom. The fourth-order valence-electron chi connectivity index (χ4n) is 1.73. The molecular formula is C14H17N3O4. The first kappa shape index (κ1) is 14.8. The zero-order valence-corrected chi connectivity index (χ0v) is 11.4. The van der Waals surface area contributed by atoms with Gasteiger partial charge in [0.1, 0.15) is 0 Å². The number of carbonyl (C=O) groups excluding carboxylic acids is 2. The maximum Gasteiger partial charge on any atom is 0.335 e. The highest BCUT2D eigenvalue weighted by molar-refractivity contribution is 5.87. The number of aromatic carboxylic acids is 1. The Balaban J connectivity index is 1.71. The number of amides is 3. The molecule has 2 rings (SSSR count). The molecule has 1 aliphatic carbocycles. The molecule has 4 N–H and O–H groups in total. The van der Waals surface area contributed by atoms with Gasteiger partial charge in [-0.2, -0.15) is 0 Å². The normalized spacial score (nSPS) is 13.3. The van der Waals surface area contributed by atoms with Crippen LogP contribution in [0.25, 0.3) is 0 Å². The summed E-state index contributed by atoms with van der Waals surface area (Å²) in [7, 11) is 0. The molecule has 1 aromatic carbocycles. The van der Waals surface area contributed by atoms with Crippen molar-refractivity contribution in [2.75, 3.05) is 6.54 Å². The van der Waals surface area contributed by atoms with Crippen LogP contribution in [0.4, 0.5) is 4.79 Å². The number of rotatable bonds is 6. The van der Waals surface area contributed by atoms with E-state index in [1.54, 1.807) is 12.1 Å². The van der Waals surface area contributed by atoms with Gasteiger partial charge in [0.25, 0.3) is 0 Å². The van der Waals surface area contributed by atoms with Gasteiger partial charge in [-0.05, 0) is 30.5 Å². The number of carboxylic acid groups (broad SMARTS) is 1. The number of hydrogen-bond acceptors (Lipinski definition) is 3. The molecule has 1 fully saturated rings. The van der Waals surface area contributed by atoms with Gasteiger partial charge in [-0.25, -0.2) is 9.59 Å². The van der Waals surface area contributed by atoms with Crippen LogP contribution in [0.15, 0.2) is 24.3 Å². The molecule has 3 amide bonds. The molecule has 0 radical (unpaired) electrons. The monoisotopic (exact) mass is 291 g/mol. The van der Waals surface area contributed by atoms with Crippen LogP contribution in [-0.4, -0.2) is 35.6 Å². The lowest BCUT2D eigenvalue weighted by atomic mass is 10.1. The van der Waals surface area contributed by atoms with Crippen LogP contribution in [0.1, 0.15) is 28.8 Å². The second-order valence-corrected chi connectivity index (χ2v) is 4.88. The molecule has 0 saturated heterocycles. The molecule has 1 aromatic rings. The van der Waals surface area contributed by atoms with E-state index in [0.717, 1.165) is 12.8 Å². The minimum absolute atomic E-state index is 0.0719. The lowest BCUT2D eigenvalue weighted by Gasteiger charge is -2.08. The highest BCUT2D eigenvalue weighted by Gasteiger charge is 2.23. The van der Waals surface area contributed by atoms with Gasteiger partial charge in [0.05, 0.1) is 12.1 Å². The van der Waals surface area contributed by atoms with Gasteiger partial charge in [-0.3, -0.25) is 4.79 Å². The van der Waals surface area contributed by atoms with Crippen LogP contribution in [0.2, 0.25) is 0 Å². The Labute approximate surface area is 121 Å². The Bertz CT molecular complexity index is 555. The predicted molar refractivity (Wildman–Crippen MR) is 74.8 cm³/mol. The molecule has 1 aliphatic rings. The number of carboxylic acids is 1. The van der Waals surface area contributed by atoms with Gasteiger partial charge >= 0.3 is 12.0 Å². The minimum Gasteiger partial charge on any atom is -0.478 e. The maximum absolute atomic E-state index is 11.5. The lowest BCUT2D eigenvalue weighted by Crippen LogP contribution is -2.42. The Kier molecular flexibility index (Phi) is 4.76. The van der Waals surface area contributed by atoms with Gasteiger partial charge in [0.15, 0.2) is 0 Å². The van der Waals surface area contributed by atoms with E-state index in [0.29, 0.717) is 5.56 Å². The van der Waals surface area contributed by atoms with Crippen molar-refractivity contribution in [3.05, 3.63) is 35.4 Å². The number of hydrogen-bond donors (Lipinski definition) is 4. The molecule has 1 saturated carbocycles. The quantitative estimate of drug-likeness (QED) is 0.610. The molecule has 112 valence electrons. The first-order valence-electron chi connectivity index (χ1n) is 6.68. The summed E-state index contributed by atoms with van der Waals surface area (Å²) >= 11 is 0. The molecule has 0 unspecified atom stereocenters. The van der Waals surface area contributed by atoms with Crippen LogP contribution in [0, 0.1) is 0 Å². The topological polar surface area (TPSA) is 108 Å². The largest absolute Gasteiger partial charge is 0.478 e. The van der Waals surface area contributed by atoms with E-state index in [1.165, 1.54) is 12.1 Å². The Morgan fingerprint density at radius 3 is 2.62 bits per heavy atom. The zero-order valence-electron chi connectivity index (χ0n) is 11.4. The standard InChI is InChI=1S/C14H17N3O4/c18-12(17-11-4-5-11)8-16-14(21)15-7-9-2-1-3-10(6-9)13(19)20/h1-3,6,11H,4-5,7-8H2,(H,17,18)(H,19,20)(H2,15,16,21). The van der Waals surface area contributed by atoms with Gasteiger partial charge in [-0.15, -0.1) is 0 Å². The van der Waals surface area contributed by atoms with Crippen molar-refractivity contribution in [2.45, 2.75) is 25.4 Å². The van der Waals surface area contributed by atoms with Crippen molar-refractivity contribution in [1.82, 2.24) is 16.0 Å². The number of benzene rings is 1. The average Bonchev–Trinajstić information content (AvgIpc) is 3.27. The van der Waals surface area contributed by atoms with Gasteiger partial charge in [0, 0.05) is 12.6 Å². The Hall–Kier alpha value is -2.57. The SMILES string of the molecule is O=C(CNC(=O)NCc1cccc(C(=O)O)c1)NC1CC1. The van der Waals surface area contributed by atoms with E-state index >= 15 is 0 Å². The summed E-state index contributed by atoms with van der Waals surface area (Å²) in [6, 6.07) is 6.09. The van der Waals surface area contributed by atoms with E-state index in [2.05, 4.69) is 16.0 Å². The highest BCUT2D eigenvalue weighted by Crippen LogP contribution is 2.18. The van der Waals surface area contributed by atoms with Gasteiger partial charge in [0.2, 0.25) is 5.91 Å². The van der Waals surface area contributed by atoms with Crippen molar-refractivity contribution in [1.29, 1.82) is 0 Å². The zero-order chi connectivity index (χ0) is 15.2. The summed E-state index contributed by atoms with van der Waals surface area (Å²) < 4.78 is 0. The molecule has 0 atom stereocenters. The third-order valence-corrected chi connectivity index (χ3v) is 2.98. The molecule has 0 aliphatic heterocycles. The summed E-state index contributed by atoms with van der Waals surface area (Å²) in [5.41, 5.74) is 0.839.